The number of rotatable bonds is 4. The SMILES string of the molecule is C=S(C)c1ncn(-c2nccc([C@@]34CC[C@@H](c5cc(-c6c(F)cccc6F)nnc53)C4(C)C)n2)n1. The molecular formula is C25H23F2N7S. The molecule has 3 heterocycles. The van der Waals surface area contributed by atoms with Crippen molar-refractivity contribution in [2.45, 2.75) is 43.2 Å². The van der Waals surface area contributed by atoms with Crippen LogP contribution in [0.25, 0.3) is 17.2 Å². The van der Waals surface area contributed by atoms with E-state index in [0.29, 0.717) is 11.1 Å². The van der Waals surface area contributed by atoms with Gasteiger partial charge in [-0.25, -0.2) is 23.7 Å². The number of aromatic nitrogens is 7. The summed E-state index contributed by atoms with van der Waals surface area (Å²) >= 11 is 0. The minimum absolute atomic E-state index is 0.149. The molecule has 0 N–H and O–H groups in total. The van der Waals surface area contributed by atoms with Gasteiger partial charge < -0.3 is 0 Å². The molecule has 3 aromatic heterocycles. The van der Waals surface area contributed by atoms with Crippen molar-refractivity contribution in [3.05, 3.63) is 71.4 Å². The molecule has 6 rings (SSSR count). The second kappa shape index (κ2) is 7.55. The third kappa shape index (κ3) is 2.98. The van der Waals surface area contributed by atoms with Crippen molar-refractivity contribution in [3.63, 3.8) is 0 Å². The highest BCUT2D eigenvalue weighted by atomic mass is 32.2. The molecule has 0 saturated heterocycles. The fourth-order valence-electron chi connectivity index (χ4n) is 5.96. The minimum Gasteiger partial charge on any atom is -0.220 e. The third-order valence-electron chi connectivity index (χ3n) is 7.67. The summed E-state index contributed by atoms with van der Waals surface area (Å²) in [5.74, 6) is 3.27. The fourth-order valence-corrected chi connectivity index (χ4v) is 6.41. The number of nitrogens with zero attached hydrogens (tertiary/aromatic N) is 7. The molecule has 2 aliphatic carbocycles. The van der Waals surface area contributed by atoms with Crippen molar-refractivity contribution in [1.82, 2.24) is 34.9 Å². The lowest BCUT2D eigenvalue weighted by Gasteiger charge is -2.37. The van der Waals surface area contributed by atoms with Crippen LogP contribution < -0.4 is 0 Å². The lowest BCUT2D eigenvalue weighted by atomic mass is 9.66. The topological polar surface area (TPSA) is 82.3 Å². The van der Waals surface area contributed by atoms with Gasteiger partial charge in [-0.05, 0) is 60.3 Å². The van der Waals surface area contributed by atoms with Crippen LogP contribution in [0.5, 0.6) is 0 Å². The number of hydrogen-bond donors (Lipinski definition) is 0. The van der Waals surface area contributed by atoms with Crippen LogP contribution in [0.3, 0.4) is 0 Å². The van der Waals surface area contributed by atoms with Gasteiger partial charge in [-0.1, -0.05) is 25.8 Å². The van der Waals surface area contributed by atoms with Gasteiger partial charge in [-0.2, -0.15) is 9.78 Å². The van der Waals surface area contributed by atoms with E-state index in [1.165, 1.54) is 18.2 Å². The van der Waals surface area contributed by atoms with Crippen LogP contribution in [0.15, 0.2) is 48.0 Å². The summed E-state index contributed by atoms with van der Waals surface area (Å²) in [5.41, 5.74) is 1.94. The van der Waals surface area contributed by atoms with Crippen molar-refractivity contribution in [3.8, 4) is 17.2 Å². The molecule has 3 atom stereocenters. The standard InChI is InChI=1S/C25H23F2N7S/c1-24(2)15-8-10-25(24,19-9-11-28-22(30-19)34-13-29-23(33-34)35(3)4)21-14(15)12-18(31-32-21)20-16(26)6-5-7-17(20)27/h5-7,9,11-13,15H,3,8,10H2,1-2,4H3/t15-,25-,35?/m0/s1. The Balaban J connectivity index is 1.50. The van der Waals surface area contributed by atoms with E-state index < -0.39 is 17.0 Å². The number of fused-ring (bicyclic) bond motifs is 5. The summed E-state index contributed by atoms with van der Waals surface area (Å²) < 4.78 is 30.5. The Bertz CT molecular complexity index is 1500. The first-order chi connectivity index (χ1) is 16.7. The van der Waals surface area contributed by atoms with Gasteiger partial charge in [-0.3, -0.25) is 0 Å². The Morgan fingerprint density at radius 1 is 1.11 bits per heavy atom. The molecule has 1 fully saturated rings. The van der Waals surface area contributed by atoms with E-state index in [9.17, 15) is 8.78 Å². The first-order valence-electron chi connectivity index (χ1n) is 11.3. The molecule has 0 aliphatic heterocycles. The second-order valence-corrected chi connectivity index (χ2v) is 11.3. The molecular weight excluding hydrogens is 468 g/mol. The summed E-state index contributed by atoms with van der Waals surface area (Å²) in [6.07, 6.45) is 7.03. The third-order valence-corrected chi connectivity index (χ3v) is 8.48. The Hall–Kier alpha value is -3.40. The lowest BCUT2D eigenvalue weighted by molar-refractivity contribution is 0.242. The summed E-state index contributed by atoms with van der Waals surface area (Å²) in [4.78, 5) is 13.7. The van der Waals surface area contributed by atoms with E-state index in [1.54, 1.807) is 23.3 Å². The van der Waals surface area contributed by atoms with Gasteiger partial charge in [0.2, 0.25) is 5.16 Å². The average Bonchev–Trinajstić information content (AvgIpc) is 3.48. The van der Waals surface area contributed by atoms with Gasteiger partial charge in [0, 0.05) is 6.20 Å². The zero-order valence-electron chi connectivity index (χ0n) is 19.5. The van der Waals surface area contributed by atoms with Gasteiger partial charge >= 0.3 is 0 Å². The quantitative estimate of drug-likeness (QED) is 0.386. The van der Waals surface area contributed by atoms with Gasteiger partial charge in [0.25, 0.3) is 5.95 Å². The zero-order chi connectivity index (χ0) is 24.5. The van der Waals surface area contributed by atoms with E-state index in [1.807, 2.05) is 12.3 Å². The minimum atomic E-state index is -0.652. The van der Waals surface area contributed by atoms with E-state index in [2.05, 4.69) is 45.0 Å². The van der Waals surface area contributed by atoms with Crippen LogP contribution in [0.4, 0.5) is 8.78 Å². The monoisotopic (exact) mass is 491 g/mol. The maximum absolute atomic E-state index is 14.5. The van der Waals surface area contributed by atoms with Crippen molar-refractivity contribution in [1.29, 1.82) is 0 Å². The van der Waals surface area contributed by atoms with Crippen LogP contribution in [0.1, 0.15) is 49.6 Å². The average molecular weight is 492 g/mol. The highest BCUT2D eigenvalue weighted by Gasteiger charge is 2.65. The number of hydrogen-bond acceptors (Lipinski definition) is 6. The molecule has 0 amide bonds. The van der Waals surface area contributed by atoms with Gasteiger partial charge in [0.05, 0.1) is 28.1 Å². The van der Waals surface area contributed by atoms with Crippen LogP contribution in [0.2, 0.25) is 0 Å². The molecule has 1 saturated carbocycles. The summed E-state index contributed by atoms with van der Waals surface area (Å²) in [5, 5.41) is 14.0. The molecule has 1 unspecified atom stereocenters. The zero-order valence-corrected chi connectivity index (χ0v) is 20.4. The molecule has 35 heavy (non-hydrogen) atoms. The maximum atomic E-state index is 14.5. The molecule has 2 bridgehead atoms. The predicted molar refractivity (Wildman–Crippen MR) is 130 cm³/mol. The Morgan fingerprint density at radius 3 is 2.60 bits per heavy atom. The summed E-state index contributed by atoms with van der Waals surface area (Å²) in [6, 6.07) is 7.54. The highest BCUT2D eigenvalue weighted by Crippen LogP contribution is 2.69. The first kappa shape index (κ1) is 22.1. The van der Waals surface area contributed by atoms with Crippen molar-refractivity contribution in [2.24, 2.45) is 5.41 Å². The lowest BCUT2D eigenvalue weighted by Crippen LogP contribution is -2.38. The van der Waals surface area contributed by atoms with Crippen LogP contribution >= 0.6 is 10.5 Å². The number of benzene rings is 1. The second-order valence-electron chi connectivity index (χ2n) is 9.70. The van der Waals surface area contributed by atoms with Crippen molar-refractivity contribution < 1.29 is 8.78 Å². The predicted octanol–water partition coefficient (Wildman–Crippen LogP) is 4.69. The molecule has 2 aliphatic rings. The highest BCUT2D eigenvalue weighted by molar-refractivity contribution is 8.13. The normalized spacial score (nSPS) is 22.8. The molecule has 1 aromatic carbocycles. The smallest absolute Gasteiger partial charge is 0.220 e. The van der Waals surface area contributed by atoms with E-state index in [4.69, 9.17) is 4.98 Å². The van der Waals surface area contributed by atoms with Crippen LogP contribution in [-0.4, -0.2) is 47.1 Å². The molecule has 7 nitrogen and oxygen atoms in total. The molecule has 0 spiro atoms. The fraction of sp³-hybridized carbons (Fsp3) is 0.320. The van der Waals surface area contributed by atoms with Crippen molar-refractivity contribution in [2.75, 3.05) is 6.26 Å². The van der Waals surface area contributed by atoms with E-state index in [-0.39, 0.29) is 33.1 Å². The molecule has 4 aromatic rings. The van der Waals surface area contributed by atoms with Gasteiger partial charge in [0.1, 0.15) is 18.0 Å². The summed E-state index contributed by atoms with van der Waals surface area (Å²) in [6.45, 7) is 4.41. The maximum Gasteiger partial charge on any atom is 0.252 e. The van der Waals surface area contributed by atoms with E-state index in [0.717, 1.165) is 29.8 Å². The van der Waals surface area contributed by atoms with Crippen LogP contribution in [-0.2, 0) is 5.41 Å². The van der Waals surface area contributed by atoms with Gasteiger partial charge in [0.15, 0.2) is 0 Å². The van der Waals surface area contributed by atoms with Gasteiger partial charge in [-0.15, -0.1) is 20.7 Å². The molecule has 178 valence electrons. The first-order valence-corrected chi connectivity index (χ1v) is 13.1. The Kier molecular flexibility index (Phi) is 4.76. The van der Waals surface area contributed by atoms with Crippen LogP contribution in [0, 0.1) is 17.0 Å². The largest absolute Gasteiger partial charge is 0.252 e. The Labute approximate surface area is 203 Å². The summed E-state index contributed by atoms with van der Waals surface area (Å²) in [7, 11) is -0.327. The molecule has 10 heteroatoms. The Morgan fingerprint density at radius 2 is 1.89 bits per heavy atom. The molecule has 0 radical (unpaired) electrons. The number of halogens is 2. The van der Waals surface area contributed by atoms with E-state index >= 15 is 0 Å². The van der Waals surface area contributed by atoms with Crippen molar-refractivity contribution >= 4 is 16.4 Å².